The van der Waals surface area contributed by atoms with Gasteiger partial charge in [-0.2, -0.15) is 0 Å². The molecule has 2 N–H and O–H groups in total. The highest BCUT2D eigenvalue weighted by Gasteiger charge is 2.14. The third kappa shape index (κ3) is 13.7. The van der Waals surface area contributed by atoms with E-state index in [4.69, 9.17) is 4.74 Å². The Morgan fingerprint density at radius 1 is 0.913 bits per heavy atom. The number of hydrogen-bond acceptors (Lipinski definition) is 3. The molecular weight excluding hydrogens is 286 g/mol. The van der Waals surface area contributed by atoms with Gasteiger partial charge in [-0.05, 0) is 19.9 Å². The summed E-state index contributed by atoms with van der Waals surface area (Å²) in [5.74, 6) is 0. The molecule has 0 aliphatic heterocycles. The Balaban J connectivity index is 3.42. The molecule has 3 heteroatoms. The van der Waals surface area contributed by atoms with E-state index in [1.54, 1.807) is 7.11 Å². The molecule has 0 amide bonds. The van der Waals surface area contributed by atoms with E-state index in [0.717, 1.165) is 6.42 Å². The number of ether oxygens (including phenoxy) is 1. The van der Waals surface area contributed by atoms with Gasteiger partial charge in [-0.3, -0.25) is 0 Å². The van der Waals surface area contributed by atoms with Crippen LogP contribution in [0.1, 0.15) is 84.0 Å². The van der Waals surface area contributed by atoms with Gasteiger partial charge in [0.25, 0.3) is 0 Å². The normalized spacial score (nSPS) is 14.4. The van der Waals surface area contributed by atoms with Crippen LogP contribution < -0.4 is 5.32 Å². The number of aliphatic hydroxyl groups is 1. The van der Waals surface area contributed by atoms with Crippen molar-refractivity contribution in [3.05, 3.63) is 12.2 Å². The van der Waals surface area contributed by atoms with Crippen molar-refractivity contribution in [2.75, 3.05) is 20.8 Å². The summed E-state index contributed by atoms with van der Waals surface area (Å²) in [5.41, 5.74) is 0. The zero-order valence-corrected chi connectivity index (χ0v) is 15.9. The van der Waals surface area contributed by atoms with E-state index < -0.39 is 0 Å². The summed E-state index contributed by atoms with van der Waals surface area (Å²) in [6.45, 7) is 2.37. The fraction of sp³-hybridized carbons (Fsp3) is 0.900. The first-order valence-corrected chi connectivity index (χ1v) is 9.77. The fourth-order valence-corrected chi connectivity index (χ4v) is 2.89. The van der Waals surface area contributed by atoms with Crippen molar-refractivity contribution < 1.29 is 9.84 Å². The second-order valence-corrected chi connectivity index (χ2v) is 6.53. The van der Waals surface area contributed by atoms with Crippen LogP contribution in [0.15, 0.2) is 12.2 Å². The summed E-state index contributed by atoms with van der Waals surface area (Å²) >= 11 is 0. The van der Waals surface area contributed by atoms with E-state index >= 15 is 0 Å². The first-order chi connectivity index (χ1) is 11.3. The standard InChI is InChI=1S/C20H41NO2/c1-4-5-6-7-8-9-10-11-12-13-14-15-16-17-20(23-3)19(18-22)21-2/h16-17,19-22H,4-15,18H2,1-3H3/b17-16+/t19-,20+/m0/s1. The molecule has 0 radical (unpaired) electrons. The number of nitrogens with one attached hydrogen (secondary N) is 1. The van der Waals surface area contributed by atoms with Crippen molar-refractivity contribution in [3.63, 3.8) is 0 Å². The van der Waals surface area contributed by atoms with Crippen LogP contribution in [-0.4, -0.2) is 38.0 Å². The topological polar surface area (TPSA) is 41.5 Å². The van der Waals surface area contributed by atoms with Gasteiger partial charge < -0.3 is 15.2 Å². The van der Waals surface area contributed by atoms with Crippen LogP contribution in [0.5, 0.6) is 0 Å². The minimum Gasteiger partial charge on any atom is -0.395 e. The highest BCUT2D eigenvalue weighted by atomic mass is 16.5. The Bertz CT molecular complexity index is 252. The minimum atomic E-state index is -0.0438. The summed E-state index contributed by atoms with van der Waals surface area (Å²) < 4.78 is 5.39. The Hall–Kier alpha value is -0.380. The summed E-state index contributed by atoms with van der Waals surface area (Å²) in [6, 6.07) is -0.0198. The molecule has 138 valence electrons. The molecule has 0 bridgehead atoms. The van der Waals surface area contributed by atoms with Gasteiger partial charge in [0.15, 0.2) is 0 Å². The molecule has 0 aromatic carbocycles. The number of aliphatic hydroxyl groups excluding tert-OH is 1. The Morgan fingerprint density at radius 2 is 1.43 bits per heavy atom. The maximum absolute atomic E-state index is 9.26. The molecule has 0 rings (SSSR count). The molecule has 3 nitrogen and oxygen atoms in total. The predicted octanol–water partition coefficient (Wildman–Crippen LogP) is 4.84. The monoisotopic (exact) mass is 327 g/mol. The second-order valence-electron chi connectivity index (χ2n) is 6.53. The van der Waals surface area contributed by atoms with Gasteiger partial charge in [-0.1, -0.05) is 83.3 Å². The largest absolute Gasteiger partial charge is 0.395 e. The van der Waals surface area contributed by atoms with Gasteiger partial charge in [0.2, 0.25) is 0 Å². The van der Waals surface area contributed by atoms with E-state index in [1.165, 1.54) is 70.6 Å². The Kier molecular flexibility index (Phi) is 17.7. The number of allylic oxidation sites excluding steroid dienone is 1. The maximum atomic E-state index is 9.26. The van der Waals surface area contributed by atoms with Gasteiger partial charge in [0, 0.05) is 7.11 Å². The highest BCUT2D eigenvalue weighted by molar-refractivity contribution is 4.95. The molecule has 2 atom stereocenters. The van der Waals surface area contributed by atoms with Crippen LogP contribution in [0, 0.1) is 0 Å². The lowest BCUT2D eigenvalue weighted by Crippen LogP contribution is -2.40. The number of unbranched alkanes of at least 4 members (excludes halogenated alkanes) is 11. The van der Waals surface area contributed by atoms with Gasteiger partial charge >= 0.3 is 0 Å². The molecule has 23 heavy (non-hydrogen) atoms. The van der Waals surface area contributed by atoms with Gasteiger partial charge in [-0.15, -0.1) is 0 Å². The smallest absolute Gasteiger partial charge is 0.0927 e. The van der Waals surface area contributed by atoms with E-state index in [2.05, 4.69) is 24.4 Å². The van der Waals surface area contributed by atoms with Crippen LogP contribution in [0.2, 0.25) is 0 Å². The van der Waals surface area contributed by atoms with E-state index in [-0.39, 0.29) is 18.8 Å². The van der Waals surface area contributed by atoms with Crippen molar-refractivity contribution in [1.82, 2.24) is 5.32 Å². The fourth-order valence-electron chi connectivity index (χ4n) is 2.89. The van der Waals surface area contributed by atoms with Crippen molar-refractivity contribution in [2.24, 2.45) is 0 Å². The zero-order chi connectivity index (χ0) is 17.2. The summed E-state index contributed by atoms with van der Waals surface area (Å²) in [5, 5.41) is 12.3. The van der Waals surface area contributed by atoms with E-state index in [0.29, 0.717) is 0 Å². The van der Waals surface area contributed by atoms with Crippen LogP contribution >= 0.6 is 0 Å². The number of methoxy groups -OCH3 is 1. The van der Waals surface area contributed by atoms with E-state index in [9.17, 15) is 5.11 Å². The second kappa shape index (κ2) is 18.0. The van der Waals surface area contributed by atoms with Crippen LogP contribution in [0.4, 0.5) is 0 Å². The lowest BCUT2D eigenvalue weighted by molar-refractivity contribution is 0.0808. The summed E-state index contributed by atoms with van der Waals surface area (Å²) in [7, 11) is 3.54. The first-order valence-electron chi connectivity index (χ1n) is 9.77. The Morgan fingerprint density at radius 3 is 1.87 bits per heavy atom. The zero-order valence-electron chi connectivity index (χ0n) is 15.9. The molecule has 0 aliphatic rings. The van der Waals surface area contributed by atoms with Gasteiger partial charge in [0.05, 0.1) is 18.8 Å². The molecule has 0 aliphatic carbocycles. The molecule has 0 spiro atoms. The molecule has 0 heterocycles. The van der Waals surface area contributed by atoms with Crippen molar-refractivity contribution in [1.29, 1.82) is 0 Å². The molecule has 0 fully saturated rings. The van der Waals surface area contributed by atoms with Gasteiger partial charge in [0.1, 0.15) is 0 Å². The predicted molar refractivity (Wildman–Crippen MR) is 101 cm³/mol. The number of rotatable bonds is 17. The molecule has 0 saturated carbocycles. The molecular formula is C20H41NO2. The molecule has 0 aromatic rings. The third-order valence-corrected chi connectivity index (χ3v) is 4.54. The SMILES string of the molecule is CCCCCCCCCCCCC/C=C/[C@@H](OC)[C@H](CO)NC. The van der Waals surface area contributed by atoms with Crippen LogP contribution in [0.25, 0.3) is 0 Å². The van der Waals surface area contributed by atoms with Crippen molar-refractivity contribution in [2.45, 2.75) is 96.1 Å². The van der Waals surface area contributed by atoms with Crippen LogP contribution in [0.3, 0.4) is 0 Å². The van der Waals surface area contributed by atoms with E-state index in [1.807, 2.05) is 7.05 Å². The molecule has 0 unspecified atom stereocenters. The molecule has 0 aromatic heterocycles. The maximum Gasteiger partial charge on any atom is 0.0927 e. The third-order valence-electron chi connectivity index (χ3n) is 4.54. The number of likely N-dealkylation sites (N-methyl/N-ethyl adjacent to an activating group) is 1. The van der Waals surface area contributed by atoms with Crippen molar-refractivity contribution in [3.8, 4) is 0 Å². The lowest BCUT2D eigenvalue weighted by atomic mass is 10.0. The number of hydrogen-bond donors (Lipinski definition) is 2. The summed E-state index contributed by atoms with van der Waals surface area (Å²) in [6.07, 6.45) is 20.6. The first kappa shape index (κ1) is 22.6. The highest BCUT2D eigenvalue weighted by Crippen LogP contribution is 2.12. The minimum absolute atomic E-state index is 0.0198. The molecule has 0 saturated heterocycles. The quantitative estimate of drug-likeness (QED) is 0.297. The Labute approximate surface area is 144 Å². The average molecular weight is 328 g/mol. The van der Waals surface area contributed by atoms with Crippen LogP contribution in [-0.2, 0) is 4.74 Å². The lowest BCUT2D eigenvalue weighted by Gasteiger charge is -2.20. The average Bonchev–Trinajstić information content (AvgIpc) is 2.58. The van der Waals surface area contributed by atoms with Crippen molar-refractivity contribution >= 4 is 0 Å². The van der Waals surface area contributed by atoms with Gasteiger partial charge in [-0.25, -0.2) is 0 Å². The summed E-state index contributed by atoms with van der Waals surface area (Å²) in [4.78, 5) is 0.